The van der Waals surface area contributed by atoms with Crippen LogP contribution in [-0.4, -0.2) is 12.0 Å². The molecule has 0 aromatic heterocycles. The van der Waals surface area contributed by atoms with Gasteiger partial charge in [0.1, 0.15) is 5.75 Å². The van der Waals surface area contributed by atoms with Gasteiger partial charge in [0.2, 0.25) is 0 Å². The van der Waals surface area contributed by atoms with Gasteiger partial charge in [0, 0.05) is 16.6 Å². The quantitative estimate of drug-likeness (QED) is 0.786. The van der Waals surface area contributed by atoms with Crippen LogP contribution in [0.25, 0.3) is 6.08 Å². The third kappa shape index (κ3) is 3.36. The minimum atomic E-state index is -0.113. The van der Waals surface area contributed by atoms with Crippen molar-refractivity contribution in [2.75, 3.05) is 0 Å². The highest BCUT2D eigenvalue weighted by Gasteiger charge is 2.24. The smallest absolute Gasteiger partial charge is 0.259 e. The number of amides is 1. The van der Waals surface area contributed by atoms with E-state index in [9.17, 15) is 4.79 Å². The van der Waals surface area contributed by atoms with Crippen molar-refractivity contribution in [2.45, 2.75) is 38.7 Å². The number of benzene rings is 2. The molecule has 1 fully saturated rings. The number of carbonyl (C=O) groups is 1. The Kier molecular flexibility index (Phi) is 4.38. The molecule has 25 heavy (non-hydrogen) atoms. The predicted octanol–water partition coefficient (Wildman–Crippen LogP) is 5.02. The molecule has 0 unspecified atom stereocenters. The van der Waals surface area contributed by atoms with Gasteiger partial charge in [0.25, 0.3) is 5.91 Å². The van der Waals surface area contributed by atoms with Crippen LogP contribution in [0.15, 0.2) is 46.6 Å². The number of ether oxygens (including phenoxy) is 1. The lowest BCUT2D eigenvalue weighted by atomic mass is 9.96. The molecule has 3 nitrogen and oxygen atoms in total. The highest BCUT2D eigenvalue weighted by atomic mass is 79.9. The predicted molar refractivity (Wildman–Crippen MR) is 103 cm³/mol. The minimum Gasteiger partial charge on any atom is -0.489 e. The van der Waals surface area contributed by atoms with E-state index in [1.165, 1.54) is 17.5 Å². The zero-order chi connectivity index (χ0) is 17.4. The lowest BCUT2D eigenvalue weighted by molar-refractivity contribution is 0.0938. The van der Waals surface area contributed by atoms with Crippen LogP contribution in [0.5, 0.6) is 5.75 Å². The Morgan fingerprint density at radius 1 is 1.24 bits per heavy atom. The first-order valence-electron chi connectivity index (χ1n) is 8.67. The van der Waals surface area contributed by atoms with E-state index in [0.29, 0.717) is 11.3 Å². The van der Waals surface area contributed by atoms with Crippen molar-refractivity contribution in [3.8, 4) is 5.75 Å². The summed E-state index contributed by atoms with van der Waals surface area (Å²) in [5.41, 5.74) is 4.92. The highest BCUT2D eigenvalue weighted by Crippen LogP contribution is 2.33. The Morgan fingerprint density at radius 3 is 2.76 bits per heavy atom. The number of fused-ring (bicyclic) bond motifs is 1. The van der Waals surface area contributed by atoms with E-state index in [0.717, 1.165) is 35.0 Å². The molecule has 128 valence electrons. The molecule has 1 N–H and O–H groups in total. The number of hydrogen-bond acceptors (Lipinski definition) is 2. The summed E-state index contributed by atoms with van der Waals surface area (Å²) in [6.45, 7) is 1.99. The molecule has 0 heterocycles. The summed E-state index contributed by atoms with van der Waals surface area (Å²) in [6.07, 6.45) is 6.38. The molecule has 0 aliphatic heterocycles. The second kappa shape index (κ2) is 6.68. The number of allylic oxidation sites excluding steroid dienone is 1. The zero-order valence-corrected chi connectivity index (χ0v) is 15.7. The molecule has 0 bridgehead atoms. The molecule has 2 aliphatic carbocycles. The molecule has 4 rings (SSSR count). The normalized spacial score (nSPS) is 16.0. The molecule has 1 saturated carbocycles. The van der Waals surface area contributed by atoms with Crippen LogP contribution in [0.4, 0.5) is 0 Å². The van der Waals surface area contributed by atoms with Crippen molar-refractivity contribution in [1.29, 1.82) is 0 Å². The van der Waals surface area contributed by atoms with Crippen molar-refractivity contribution in [3.05, 3.63) is 68.8 Å². The fraction of sp³-hybridized carbons (Fsp3) is 0.286. The molecular formula is C21H20BrNO2. The van der Waals surface area contributed by atoms with Crippen molar-refractivity contribution in [1.82, 2.24) is 5.32 Å². The highest BCUT2D eigenvalue weighted by molar-refractivity contribution is 9.10. The van der Waals surface area contributed by atoms with Crippen LogP contribution in [0, 0.1) is 6.92 Å². The summed E-state index contributed by atoms with van der Waals surface area (Å²) in [7, 11) is 0. The van der Waals surface area contributed by atoms with Gasteiger partial charge in [-0.25, -0.2) is 0 Å². The summed E-state index contributed by atoms with van der Waals surface area (Å²) < 4.78 is 7.00. The Labute approximate surface area is 156 Å². The maximum atomic E-state index is 12.9. The zero-order valence-electron chi connectivity index (χ0n) is 14.1. The average Bonchev–Trinajstić information content (AvgIpc) is 2.93. The molecule has 4 heteroatoms. The molecule has 2 aromatic carbocycles. The Hall–Kier alpha value is -2.07. The van der Waals surface area contributed by atoms with Crippen LogP contribution < -0.4 is 10.1 Å². The molecule has 2 aromatic rings. The maximum absolute atomic E-state index is 12.9. The van der Waals surface area contributed by atoms with E-state index in [4.69, 9.17) is 4.74 Å². The van der Waals surface area contributed by atoms with Crippen LogP contribution >= 0.6 is 15.9 Å². The van der Waals surface area contributed by atoms with Gasteiger partial charge in [0.15, 0.2) is 0 Å². The fourth-order valence-corrected chi connectivity index (χ4v) is 3.86. The van der Waals surface area contributed by atoms with Gasteiger partial charge in [-0.2, -0.15) is 0 Å². The van der Waals surface area contributed by atoms with Crippen LogP contribution in [0.1, 0.15) is 46.3 Å². The van der Waals surface area contributed by atoms with E-state index in [2.05, 4.69) is 33.4 Å². The molecule has 1 amide bonds. The van der Waals surface area contributed by atoms with E-state index < -0.39 is 0 Å². The van der Waals surface area contributed by atoms with Crippen LogP contribution in [-0.2, 0) is 6.42 Å². The summed E-state index contributed by atoms with van der Waals surface area (Å²) in [5.74, 6) is 0.597. The van der Waals surface area contributed by atoms with Gasteiger partial charge in [-0.3, -0.25) is 4.79 Å². The number of nitrogens with one attached hydrogen (secondary N) is 1. The maximum Gasteiger partial charge on any atom is 0.259 e. The van der Waals surface area contributed by atoms with E-state index in [-0.39, 0.29) is 12.0 Å². The lowest BCUT2D eigenvalue weighted by Crippen LogP contribution is -2.28. The third-order valence-electron chi connectivity index (χ3n) is 4.86. The molecular weight excluding hydrogens is 378 g/mol. The number of halogens is 1. The lowest BCUT2D eigenvalue weighted by Gasteiger charge is -2.28. The monoisotopic (exact) mass is 397 g/mol. The van der Waals surface area contributed by atoms with Crippen molar-refractivity contribution < 1.29 is 9.53 Å². The Morgan fingerprint density at radius 2 is 2.04 bits per heavy atom. The van der Waals surface area contributed by atoms with Gasteiger partial charge in [-0.1, -0.05) is 40.2 Å². The Bertz CT molecular complexity index is 868. The molecule has 0 radical (unpaired) electrons. The Balaban J connectivity index is 1.57. The first kappa shape index (κ1) is 16.4. The number of carbonyl (C=O) groups excluding carboxylic acids is 1. The van der Waals surface area contributed by atoms with Gasteiger partial charge in [-0.05, 0) is 61.1 Å². The number of hydrogen-bond donors (Lipinski definition) is 1. The molecule has 0 saturated heterocycles. The number of aryl methyl sites for hydroxylation is 1. The van der Waals surface area contributed by atoms with Crippen LogP contribution in [0.2, 0.25) is 0 Å². The fourth-order valence-electron chi connectivity index (χ4n) is 3.28. The van der Waals surface area contributed by atoms with Gasteiger partial charge >= 0.3 is 0 Å². The molecule has 0 atom stereocenters. The second-order valence-corrected chi connectivity index (χ2v) is 7.69. The van der Waals surface area contributed by atoms with E-state index >= 15 is 0 Å². The van der Waals surface area contributed by atoms with Crippen molar-refractivity contribution in [2.24, 2.45) is 0 Å². The SMILES string of the molecule is Cc1cc(Br)cc(C(=O)NC2=Cc3ccccc3C2)c1OC1CCC1. The van der Waals surface area contributed by atoms with Gasteiger partial charge in [-0.15, -0.1) is 0 Å². The minimum absolute atomic E-state index is 0.113. The largest absolute Gasteiger partial charge is 0.489 e. The summed E-state index contributed by atoms with van der Waals surface area (Å²) >= 11 is 3.50. The first-order chi connectivity index (χ1) is 12.1. The second-order valence-electron chi connectivity index (χ2n) is 6.77. The third-order valence-corrected chi connectivity index (χ3v) is 5.32. The van der Waals surface area contributed by atoms with E-state index in [1.807, 2.05) is 37.3 Å². The first-order valence-corrected chi connectivity index (χ1v) is 9.46. The van der Waals surface area contributed by atoms with Gasteiger partial charge < -0.3 is 10.1 Å². The van der Waals surface area contributed by atoms with Crippen LogP contribution in [0.3, 0.4) is 0 Å². The number of rotatable bonds is 4. The van der Waals surface area contributed by atoms with Crippen molar-refractivity contribution in [3.63, 3.8) is 0 Å². The molecule has 0 spiro atoms. The summed E-state index contributed by atoms with van der Waals surface area (Å²) in [4.78, 5) is 12.9. The van der Waals surface area contributed by atoms with Gasteiger partial charge in [0.05, 0.1) is 11.7 Å². The van der Waals surface area contributed by atoms with Crippen molar-refractivity contribution >= 4 is 27.9 Å². The standard InChI is InChI=1S/C21H20BrNO2/c1-13-9-16(22)12-19(20(13)25-18-7-4-8-18)21(24)23-17-10-14-5-2-3-6-15(14)11-17/h2-3,5-6,9-10,12,18H,4,7-8,11H2,1H3,(H,23,24). The van der Waals surface area contributed by atoms with E-state index in [1.54, 1.807) is 0 Å². The average molecular weight is 398 g/mol. The summed E-state index contributed by atoms with van der Waals surface area (Å²) in [5, 5.41) is 3.07. The topological polar surface area (TPSA) is 38.3 Å². The molecule has 2 aliphatic rings. The summed E-state index contributed by atoms with van der Waals surface area (Å²) in [6, 6.07) is 12.1.